The van der Waals surface area contributed by atoms with Crippen molar-refractivity contribution in [1.82, 2.24) is 15.1 Å². The summed E-state index contributed by atoms with van der Waals surface area (Å²) >= 11 is 0.828. The first-order valence-corrected chi connectivity index (χ1v) is 8.68. The van der Waals surface area contributed by atoms with Gasteiger partial charge in [0.1, 0.15) is 5.82 Å². The van der Waals surface area contributed by atoms with E-state index >= 15 is 0 Å². The number of halogens is 1. The van der Waals surface area contributed by atoms with Gasteiger partial charge in [0.25, 0.3) is 11.8 Å². The maximum atomic E-state index is 12.9. The van der Waals surface area contributed by atoms with E-state index in [1.807, 2.05) is 0 Å². The number of carboxylic acids is 1. The first-order valence-electron chi connectivity index (χ1n) is 7.86. The molecule has 10 heteroatoms. The Morgan fingerprint density at radius 2 is 1.88 bits per heavy atom. The van der Waals surface area contributed by atoms with Crippen LogP contribution < -0.4 is 5.32 Å². The number of aliphatic carboxylic acids is 1. The number of rotatable bonds is 4. The molecule has 0 bridgehead atoms. The minimum absolute atomic E-state index is 0.00975. The molecule has 2 heterocycles. The zero-order valence-corrected chi connectivity index (χ0v) is 14.3. The third-order valence-corrected chi connectivity index (χ3v) is 4.87. The van der Waals surface area contributed by atoms with E-state index in [1.165, 1.54) is 29.2 Å². The van der Waals surface area contributed by atoms with Crippen LogP contribution in [0.3, 0.4) is 0 Å². The average Bonchev–Trinajstić information content (AvgIpc) is 3.13. The molecule has 1 aromatic carbocycles. The van der Waals surface area contributed by atoms with Crippen LogP contribution in [0.4, 0.5) is 10.1 Å². The molecule has 2 aromatic rings. The van der Waals surface area contributed by atoms with Gasteiger partial charge in [-0.05, 0) is 37.1 Å². The predicted octanol–water partition coefficient (Wildman–Crippen LogP) is 1.87. The molecule has 0 aliphatic carbocycles. The fraction of sp³-hybridized carbons (Fsp3) is 0.312. The van der Waals surface area contributed by atoms with Gasteiger partial charge >= 0.3 is 5.97 Å². The smallest absolute Gasteiger partial charge is 0.308 e. The Kier molecular flexibility index (Phi) is 5.21. The van der Waals surface area contributed by atoms with Gasteiger partial charge in [0, 0.05) is 18.8 Å². The van der Waals surface area contributed by atoms with E-state index in [-0.39, 0.29) is 16.6 Å². The zero-order valence-electron chi connectivity index (χ0n) is 13.5. The van der Waals surface area contributed by atoms with Crippen molar-refractivity contribution < 1.29 is 23.9 Å². The predicted molar refractivity (Wildman–Crippen MR) is 90.5 cm³/mol. The number of carbonyl (C=O) groups excluding carboxylic acids is 2. The number of anilines is 1. The largest absolute Gasteiger partial charge is 0.481 e. The second-order valence-corrected chi connectivity index (χ2v) is 6.78. The molecular weight excluding hydrogens is 363 g/mol. The Bertz CT molecular complexity index is 839. The Hall–Kier alpha value is -2.88. The zero-order chi connectivity index (χ0) is 18.7. The first kappa shape index (κ1) is 17.9. The lowest BCUT2D eigenvalue weighted by atomic mass is 9.98. The summed E-state index contributed by atoms with van der Waals surface area (Å²) in [5.74, 6) is -2.95. The quantitative estimate of drug-likeness (QED) is 0.840. The van der Waals surface area contributed by atoms with Gasteiger partial charge in [-0.25, -0.2) is 4.39 Å². The summed E-state index contributed by atoms with van der Waals surface area (Å²) in [5, 5.41) is 19.1. The normalized spacial score (nSPS) is 17.0. The number of carboxylic acid groups (broad SMARTS) is 1. The van der Waals surface area contributed by atoms with Gasteiger partial charge in [-0.15, -0.1) is 10.2 Å². The monoisotopic (exact) mass is 378 g/mol. The summed E-state index contributed by atoms with van der Waals surface area (Å²) in [6, 6.07) is 5.22. The SMILES string of the molecule is O=C(Nc1ccc(F)cc1)c1nnc(C(=O)N2CCC[C@H](C(=O)O)C2)s1. The van der Waals surface area contributed by atoms with Crippen molar-refractivity contribution in [2.75, 3.05) is 18.4 Å². The lowest BCUT2D eigenvalue weighted by Crippen LogP contribution is -2.42. The molecule has 26 heavy (non-hydrogen) atoms. The van der Waals surface area contributed by atoms with Crippen molar-refractivity contribution in [3.05, 3.63) is 40.1 Å². The molecule has 0 radical (unpaired) electrons. The molecule has 3 rings (SSSR count). The summed E-state index contributed by atoms with van der Waals surface area (Å²) in [7, 11) is 0. The summed E-state index contributed by atoms with van der Waals surface area (Å²) < 4.78 is 12.9. The van der Waals surface area contributed by atoms with Gasteiger partial charge in [0.2, 0.25) is 10.0 Å². The molecule has 0 saturated carbocycles. The fourth-order valence-electron chi connectivity index (χ4n) is 2.62. The molecule has 0 spiro atoms. The number of piperidine rings is 1. The number of hydrogen-bond acceptors (Lipinski definition) is 6. The van der Waals surface area contributed by atoms with Crippen LogP contribution in [-0.4, -0.2) is 51.1 Å². The highest BCUT2D eigenvalue weighted by Gasteiger charge is 2.30. The highest BCUT2D eigenvalue weighted by Crippen LogP contribution is 2.21. The van der Waals surface area contributed by atoms with Crippen molar-refractivity contribution >= 4 is 34.8 Å². The van der Waals surface area contributed by atoms with Gasteiger partial charge in [0.15, 0.2) is 0 Å². The third-order valence-electron chi connectivity index (χ3n) is 3.96. The molecular formula is C16H15FN4O4S. The van der Waals surface area contributed by atoms with Gasteiger partial charge in [-0.3, -0.25) is 14.4 Å². The van der Waals surface area contributed by atoms with Crippen molar-refractivity contribution in [3.63, 3.8) is 0 Å². The maximum absolute atomic E-state index is 12.9. The van der Waals surface area contributed by atoms with E-state index in [0.717, 1.165) is 11.3 Å². The second kappa shape index (κ2) is 7.56. The summed E-state index contributed by atoms with van der Waals surface area (Å²) in [4.78, 5) is 37.1. The van der Waals surface area contributed by atoms with Crippen LogP contribution in [0.15, 0.2) is 24.3 Å². The first-order chi connectivity index (χ1) is 12.4. The summed E-state index contributed by atoms with van der Waals surface area (Å²) in [6.07, 6.45) is 1.12. The van der Waals surface area contributed by atoms with Crippen LogP contribution in [0, 0.1) is 11.7 Å². The molecule has 0 unspecified atom stereocenters. The molecule has 1 atom stereocenters. The van der Waals surface area contributed by atoms with E-state index in [9.17, 15) is 18.8 Å². The van der Waals surface area contributed by atoms with Crippen molar-refractivity contribution in [2.45, 2.75) is 12.8 Å². The van der Waals surface area contributed by atoms with Gasteiger partial charge in [-0.1, -0.05) is 11.3 Å². The standard InChI is InChI=1S/C16H15FN4O4S/c17-10-3-5-11(6-4-10)18-12(22)13-19-20-14(26-13)15(23)21-7-1-2-9(8-21)16(24)25/h3-6,9H,1-2,7-8H2,(H,18,22)(H,24,25)/t9-/m0/s1. The van der Waals surface area contributed by atoms with E-state index in [2.05, 4.69) is 15.5 Å². The Balaban J connectivity index is 1.66. The molecule has 1 saturated heterocycles. The number of carbonyl (C=O) groups is 3. The van der Waals surface area contributed by atoms with Crippen LogP contribution in [-0.2, 0) is 4.79 Å². The van der Waals surface area contributed by atoms with Crippen molar-refractivity contribution in [3.8, 4) is 0 Å². The van der Waals surface area contributed by atoms with Crippen LogP contribution in [0.2, 0.25) is 0 Å². The molecule has 8 nitrogen and oxygen atoms in total. The minimum Gasteiger partial charge on any atom is -0.481 e. The number of likely N-dealkylation sites (tertiary alicyclic amines) is 1. The minimum atomic E-state index is -0.931. The Morgan fingerprint density at radius 1 is 1.19 bits per heavy atom. The van der Waals surface area contributed by atoms with Crippen LogP contribution >= 0.6 is 11.3 Å². The molecule has 1 aliphatic heterocycles. The van der Waals surface area contributed by atoms with Gasteiger partial charge < -0.3 is 15.3 Å². The molecule has 2 N–H and O–H groups in total. The third kappa shape index (κ3) is 4.02. The fourth-order valence-corrected chi connectivity index (χ4v) is 3.32. The van der Waals surface area contributed by atoms with Gasteiger partial charge in [0.05, 0.1) is 5.92 Å². The van der Waals surface area contributed by atoms with E-state index in [0.29, 0.717) is 25.1 Å². The number of aromatic nitrogens is 2. The van der Waals surface area contributed by atoms with Crippen molar-refractivity contribution in [1.29, 1.82) is 0 Å². The molecule has 136 valence electrons. The number of nitrogens with zero attached hydrogens (tertiary/aromatic N) is 3. The highest BCUT2D eigenvalue weighted by molar-refractivity contribution is 7.15. The lowest BCUT2D eigenvalue weighted by Gasteiger charge is -2.29. The molecule has 1 fully saturated rings. The highest BCUT2D eigenvalue weighted by atomic mass is 32.1. The molecule has 2 amide bonds. The lowest BCUT2D eigenvalue weighted by molar-refractivity contribution is -0.143. The molecule has 1 aromatic heterocycles. The second-order valence-electron chi connectivity index (χ2n) is 5.80. The number of nitrogens with one attached hydrogen (secondary N) is 1. The van der Waals surface area contributed by atoms with E-state index in [4.69, 9.17) is 5.11 Å². The maximum Gasteiger partial charge on any atom is 0.308 e. The van der Waals surface area contributed by atoms with Crippen LogP contribution in [0.25, 0.3) is 0 Å². The van der Waals surface area contributed by atoms with E-state index < -0.39 is 29.5 Å². The Morgan fingerprint density at radius 3 is 2.58 bits per heavy atom. The Labute approximate surface area is 151 Å². The van der Waals surface area contributed by atoms with Gasteiger partial charge in [-0.2, -0.15) is 0 Å². The average molecular weight is 378 g/mol. The summed E-state index contributed by atoms with van der Waals surface area (Å²) in [6.45, 7) is 0.560. The number of hydrogen-bond donors (Lipinski definition) is 2. The van der Waals surface area contributed by atoms with Crippen molar-refractivity contribution in [2.24, 2.45) is 5.92 Å². The number of amides is 2. The summed E-state index contributed by atoms with van der Waals surface area (Å²) in [5.41, 5.74) is 0.389. The van der Waals surface area contributed by atoms with Crippen LogP contribution in [0.1, 0.15) is 32.4 Å². The topological polar surface area (TPSA) is 112 Å². The van der Waals surface area contributed by atoms with Crippen LogP contribution in [0.5, 0.6) is 0 Å². The van der Waals surface area contributed by atoms with E-state index in [1.54, 1.807) is 0 Å². The number of benzene rings is 1. The molecule has 1 aliphatic rings.